The van der Waals surface area contributed by atoms with Gasteiger partial charge in [0.25, 0.3) is 0 Å². The monoisotopic (exact) mass is 298 g/mol. The first-order valence-corrected chi connectivity index (χ1v) is 8.02. The molecule has 2 amide bonds. The molecule has 0 unspecified atom stereocenters. The molecule has 21 heavy (non-hydrogen) atoms. The second kappa shape index (κ2) is 7.14. The SMILES string of the molecule is CCC(CC)(CNC(=O)NC1CCC(C)(C)CC1)C(=O)O. The average molecular weight is 298 g/mol. The van der Waals surface area contributed by atoms with E-state index >= 15 is 0 Å². The summed E-state index contributed by atoms with van der Waals surface area (Å²) in [5.41, 5.74) is -0.483. The zero-order valence-corrected chi connectivity index (χ0v) is 13.8. The third kappa shape index (κ3) is 4.90. The van der Waals surface area contributed by atoms with E-state index in [0.29, 0.717) is 18.3 Å². The second-order valence-corrected chi connectivity index (χ2v) is 7.06. The third-order valence-electron chi connectivity index (χ3n) is 5.07. The smallest absolute Gasteiger partial charge is 0.315 e. The van der Waals surface area contributed by atoms with Crippen LogP contribution in [0.3, 0.4) is 0 Å². The highest BCUT2D eigenvalue weighted by Crippen LogP contribution is 2.35. The molecule has 1 aliphatic carbocycles. The van der Waals surface area contributed by atoms with Crippen LogP contribution in [0.15, 0.2) is 0 Å². The van der Waals surface area contributed by atoms with Crippen molar-refractivity contribution in [2.24, 2.45) is 10.8 Å². The Morgan fingerprint density at radius 3 is 2.14 bits per heavy atom. The summed E-state index contributed by atoms with van der Waals surface area (Å²) in [4.78, 5) is 23.3. The van der Waals surface area contributed by atoms with Crippen LogP contribution in [-0.2, 0) is 4.79 Å². The summed E-state index contributed by atoms with van der Waals surface area (Å²) in [7, 11) is 0. The summed E-state index contributed by atoms with van der Waals surface area (Å²) in [6.07, 6.45) is 5.23. The number of hydrogen-bond donors (Lipinski definition) is 3. The molecule has 1 aliphatic rings. The number of carboxylic acid groups (broad SMARTS) is 1. The fraction of sp³-hybridized carbons (Fsp3) is 0.875. The first-order chi connectivity index (χ1) is 9.74. The molecule has 0 aromatic carbocycles. The summed E-state index contributed by atoms with van der Waals surface area (Å²) in [5.74, 6) is -0.841. The highest BCUT2D eigenvalue weighted by molar-refractivity contribution is 5.78. The molecule has 1 fully saturated rings. The van der Waals surface area contributed by atoms with Crippen LogP contribution in [0.5, 0.6) is 0 Å². The molecule has 0 atom stereocenters. The Morgan fingerprint density at radius 1 is 1.19 bits per heavy atom. The van der Waals surface area contributed by atoms with Gasteiger partial charge in [-0.15, -0.1) is 0 Å². The maximum atomic E-state index is 12.0. The molecule has 0 bridgehead atoms. The number of amides is 2. The summed E-state index contributed by atoms with van der Waals surface area (Å²) in [5, 5.41) is 15.1. The molecular weight excluding hydrogens is 268 g/mol. The molecule has 0 radical (unpaired) electrons. The van der Waals surface area contributed by atoms with Crippen molar-refractivity contribution in [1.29, 1.82) is 0 Å². The van der Waals surface area contributed by atoms with E-state index in [1.807, 2.05) is 13.8 Å². The molecule has 0 saturated heterocycles. The van der Waals surface area contributed by atoms with E-state index in [9.17, 15) is 14.7 Å². The molecule has 5 nitrogen and oxygen atoms in total. The zero-order valence-electron chi connectivity index (χ0n) is 13.8. The zero-order chi connectivity index (χ0) is 16.1. The Hall–Kier alpha value is -1.26. The van der Waals surface area contributed by atoms with Gasteiger partial charge in [-0.2, -0.15) is 0 Å². The van der Waals surface area contributed by atoms with Crippen molar-refractivity contribution in [1.82, 2.24) is 10.6 Å². The predicted octanol–water partition coefficient (Wildman–Crippen LogP) is 3.15. The van der Waals surface area contributed by atoms with Gasteiger partial charge in [0.1, 0.15) is 0 Å². The number of carbonyl (C=O) groups excluding carboxylic acids is 1. The maximum Gasteiger partial charge on any atom is 0.315 e. The summed E-state index contributed by atoms with van der Waals surface area (Å²) < 4.78 is 0. The van der Waals surface area contributed by atoms with Crippen molar-refractivity contribution >= 4 is 12.0 Å². The van der Waals surface area contributed by atoms with Crippen LogP contribution >= 0.6 is 0 Å². The van der Waals surface area contributed by atoms with Crippen molar-refractivity contribution in [3.8, 4) is 0 Å². The van der Waals surface area contributed by atoms with Gasteiger partial charge in [-0.05, 0) is 43.9 Å². The highest BCUT2D eigenvalue weighted by atomic mass is 16.4. The van der Waals surface area contributed by atoms with E-state index in [4.69, 9.17) is 0 Å². The summed E-state index contributed by atoms with van der Waals surface area (Å²) >= 11 is 0. The van der Waals surface area contributed by atoms with Crippen molar-refractivity contribution in [2.75, 3.05) is 6.54 Å². The first kappa shape index (κ1) is 17.8. The molecule has 0 heterocycles. The van der Waals surface area contributed by atoms with Gasteiger partial charge < -0.3 is 15.7 Å². The van der Waals surface area contributed by atoms with Gasteiger partial charge in [0, 0.05) is 12.6 Å². The quantitative estimate of drug-likeness (QED) is 0.705. The lowest BCUT2D eigenvalue weighted by Gasteiger charge is -2.35. The van der Waals surface area contributed by atoms with Crippen LogP contribution in [0.25, 0.3) is 0 Å². The molecule has 1 saturated carbocycles. The van der Waals surface area contributed by atoms with Crippen LogP contribution in [0.2, 0.25) is 0 Å². The molecule has 0 aromatic rings. The van der Waals surface area contributed by atoms with E-state index in [1.165, 1.54) is 0 Å². The second-order valence-electron chi connectivity index (χ2n) is 7.06. The van der Waals surface area contributed by atoms with E-state index < -0.39 is 11.4 Å². The topological polar surface area (TPSA) is 78.4 Å². The molecule has 0 spiro atoms. The third-order valence-corrected chi connectivity index (χ3v) is 5.07. The Bertz CT molecular complexity index is 366. The fourth-order valence-corrected chi connectivity index (χ4v) is 2.91. The number of nitrogens with one attached hydrogen (secondary N) is 2. The fourth-order valence-electron chi connectivity index (χ4n) is 2.91. The largest absolute Gasteiger partial charge is 0.481 e. The lowest BCUT2D eigenvalue weighted by Crippen LogP contribution is -2.49. The standard InChI is InChI=1S/C16H30N2O3/c1-5-16(6-2,13(19)20)11-17-14(21)18-12-7-9-15(3,4)10-8-12/h12H,5-11H2,1-4H3,(H,19,20)(H2,17,18,21). The number of carboxylic acids is 1. The van der Waals surface area contributed by atoms with Crippen LogP contribution in [0, 0.1) is 10.8 Å². The van der Waals surface area contributed by atoms with Gasteiger partial charge in [0.05, 0.1) is 5.41 Å². The van der Waals surface area contributed by atoms with E-state index in [2.05, 4.69) is 24.5 Å². The van der Waals surface area contributed by atoms with Crippen LogP contribution in [0.1, 0.15) is 66.2 Å². The maximum absolute atomic E-state index is 12.0. The van der Waals surface area contributed by atoms with Crippen LogP contribution in [-0.4, -0.2) is 29.7 Å². The van der Waals surface area contributed by atoms with Crippen LogP contribution < -0.4 is 10.6 Å². The van der Waals surface area contributed by atoms with Crippen molar-refractivity contribution in [3.05, 3.63) is 0 Å². The van der Waals surface area contributed by atoms with Gasteiger partial charge in [0.2, 0.25) is 0 Å². The van der Waals surface area contributed by atoms with Crippen molar-refractivity contribution in [2.45, 2.75) is 72.3 Å². The lowest BCUT2D eigenvalue weighted by molar-refractivity contribution is -0.149. The lowest BCUT2D eigenvalue weighted by atomic mass is 9.75. The van der Waals surface area contributed by atoms with Crippen LogP contribution in [0.4, 0.5) is 4.79 Å². The van der Waals surface area contributed by atoms with Gasteiger partial charge in [-0.1, -0.05) is 27.7 Å². The molecule has 0 aliphatic heterocycles. The normalized spacial score (nSPS) is 19.0. The Kier molecular flexibility index (Phi) is 6.05. The minimum absolute atomic E-state index is 0.180. The number of rotatable bonds is 6. The molecule has 5 heteroatoms. The molecule has 0 aromatic heterocycles. The average Bonchev–Trinajstić information content (AvgIpc) is 2.42. The van der Waals surface area contributed by atoms with E-state index in [-0.39, 0.29) is 18.6 Å². The number of aliphatic carboxylic acids is 1. The molecular formula is C16H30N2O3. The van der Waals surface area contributed by atoms with Gasteiger partial charge in [-0.3, -0.25) is 4.79 Å². The van der Waals surface area contributed by atoms with Gasteiger partial charge in [0.15, 0.2) is 0 Å². The number of carbonyl (C=O) groups is 2. The van der Waals surface area contributed by atoms with E-state index in [1.54, 1.807) is 0 Å². The molecule has 122 valence electrons. The summed E-state index contributed by atoms with van der Waals surface area (Å²) in [6, 6.07) is -0.0345. The van der Waals surface area contributed by atoms with Crippen molar-refractivity contribution in [3.63, 3.8) is 0 Å². The number of hydrogen-bond acceptors (Lipinski definition) is 2. The Morgan fingerprint density at radius 2 is 1.71 bits per heavy atom. The van der Waals surface area contributed by atoms with Gasteiger partial charge >= 0.3 is 12.0 Å². The van der Waals surface area contributed by atoms with E-state index in [0.717, 1.165) is 25.7 Å². The summed E-state index contributed by atoms with van der Waals surface area (Å²) in [6.45, 7) is 8.39. The number of urea groups is 1. The molecule has 1 rings (SSSR count). The Balaban J connectivity index is 2.42. The van der Waals surface area contributed by atoms with Gasteiger partial charge in [-0.25, -0.2) is 4.79 Å². The Labute approximate surface area is 127 Å². The first-order valence-electron chi connectivity index (χ1n) is 8.02. The minimum atomic E-state index is -0.855. The highest BCUT2D eigenvalue weighted by Gasteiger charge is 2.35. The van der Waals surface area contributed by atoms with Crippen molar-refractivity contribution < 1.29 is 14.7 Å². The predicted molar refractivity (Wildman–Crippen MR) is 83.2 cm³/mol. The minimum Gasteiger partial charge on any atom is -0.481 e. The molecule has 3 N–H and O–H groups in total.